The molecule has 5 rings (SSSR count). The SMILES string of the molecule is CCOC(=O)c1cnc(Nc2cc(N3CCN(C)CC3)nc(N[C@H]3CCN(C(=O)c4ccc(Cl)cc4F)C3)n2)s1. The molecule has 4 heterocycles. The van der Waals surface area contributed by atoms with Crippen LogP contribution in [0.1, 0.15) is 33.4 Å². The minimum Gasteiger partial charge on any atom is -0.462 e. The molecule has 40 heavy (non-hydrogen) atoms. The first-order valence-electron chi connectivity index (χ1n) is 13.0. The summed E-state index contributed by atoms with van der Waals surface area (Å²) in [6, 6.07) is 5.80. The third kappa shape index (κ3) is 6.60. The van der Waals surface area contributed by atoms with Crippen molar-refractivity contribution in [1.82, 2.24) is 24.8 Å². The molecule has 11 nitrogen and oxygen atoms in total. The first kappa shape index (κ1) is 28.0. The fourth-order valence-corrected chi connectivity index (χ4v) is 5.45. The van der Waals surface area contributed by atoms with E-state index in [9.17, 15) is 14.0 Å². The third-order valence-corrected chi connectivity index (χ3v) is 7.86. The topological polar surface area (TPSA) is 116 Å². The maximum atomic E-state index is 14.3. The Balaban J connectivity index is 1.32. The Morgan fingerprint density at radius 2 is 1.98 bits per heavy atom. The number of carbonyl (C=O) groups is 2. The Bertz CT molecular complexity index is 1380. The van der Waals surface area contributed by atoms with Crippen LogP contribution in [0.15, 0.2) is 30.5 Å². The van der Waals surface area contributed by atoms with Crippen LogP contribution in [0.25, 0.3) is 0 Å². The molecule has 14 heteroatoms. The summed E-state index contributed by atoms with van der Waals surface area (Å²) in [5, 5.41) is 7.29. The van der Waals surface area contributed by atoms with Gasteiger partial charge in [0.1, 0.15) is 22.3 Å². The standard InChI is InChI=1S/C26H30ClFN8O3S/c1-3-39-24(38)20-14-29-26(40-20)32-21-13-22(35-10-8-34(2)9-11-35)33-25(31-21)30-17-6-7-36(15-17)23(37)18-5-4-16(27)12-19(18)28/h4-5,12-14,17H,3,6-11,15H2,1-2H3,(H2,29,30,31,32,33)/t17-/m0/s1. The van der Waals surface area contributed by atoms with Gasteiger partial charge in [0, 0.05) is 56.4 Å². The summed E-state index contributed by atoms with van der Waals surface area (Å²) in [5.74, 6) is 0.234. The first-order chi connectivity index (χ1) is 19.3. The van der Waals surface area contributed by atoms with Gasteiger partial charge in [-0.05, 0) is 38.6 Å². The maximum Gasteiger partial charge on any atom is 0.350 e. The predicted molar refractivity (Wildman–Crippen MR) is 152 cm³/mol. The largest absolute Gasteiger partial charge is 0.462 e. The number of aromatic nitrogens is 3. The van der Waals surface area contributed by atoms with Gasteiger partial charge in [0.25, 0.3) is 5.91 Å². The van der Waals surface area contributed by atoms with Gasteiger partial charge in [-0.3, -0.25) is 4.79 Å². The second kappa shape index (κ2) is 12.3. The van der Waals surface area contributed by atoms with Gasteiger partial charge in [-0.1, -0.05) is 22.9 Å². The Labute approximate surface area is 240 Å². The van der Waals surface area contributed by atoms with E-state index in [4.69, 9.17) is 21.3 Å². The van der Waals surface area contributed by atoms with Crippen molar-refractivity contribution in [2.24, 2.45) is 0 Å². The third-order valence-electron chi connectivity index (χ3n) is 6.73. The molecule has 212 valence electrons. The van der Waals surface area contributed by atoms with Gasteiger partial charge < -0.3 is 30.1 Å². The fraction of sp³-hybridized carbons (Fsp3) is 0.423. The lowest BCUT2D eigenvalue weighted by Crippen LogP contribution is -2.45. The average molecular weight is 589 g/mol. The number of hydrogen-bond acceptors (Lipinski definition) is 11. The molecule has 0 saturated carbocycles. The van der Waals surface area contributed by atoms with Crippen molar-refractivity contribution < 1.29 is 18.7 Å². The number of rotatable bonds is 8. The van der Waals surface area contributed by atoms with Gasteiger partial charge in [-0.25, -0.2) is 14.2 Å². The summed E-state index contributed by atoms with van der Waals surface area (Å²) in [6.07, 6.45) is 2.13. The number of nitrogens with one attached hydrogen (secondary N) is 2. The van der Waals surface area contributed by atoms with E-state index in [-0.39, 0.29) is 29.1 Å². The molecule has 0 radical (unpaired) electrons. The summed E-state index contributed by atoms with van der Waals surface area (Å²) in [4.78, 5) is 45.2. The molecule has 3 aromatic rings. The highest BCUT2D eigenvalue weighted by Gasteiger charge is 2.29. The number of piperazine rings is 1. The molecule has 2 aliphatic heterocycles. The van der Waals surface area contributed by atoms with Gasteiger partial charge in [0.15, 0.2) is 5.13 Å². The lowest BCUT2D eigenvalue weighted by molar-refractivity contribution is 0.0531. The van der Waals surface area contributed by atoms with Crippen LogP contribution in [0.4, 0.5) is 27.1 Å². The Hall–Kier alpha value is -3.55. The molecular weight excluding hydrogens is 559 g/mol. The van der Waals surface area contributed by atoms with E-state index < -0.39 is 11.8 Å². The Morgan fingerprint density at radius 1 is 1.18 bits per heavy atom. The number of carbonyl (C=O) groups excluding carboxylic acids is 2. The normalized spacial score (nSPS) is 17.6. The molecule has 2 aromatic heterocycles. The zero-order chi connectivity index (χ0) is 28.2. The predicted octanol–water partition coefficient (Wildman–Crippen LogP) is 3.72. The minimum absolute atomic E-state index is 0.00418. The van der Waals surface area contributed by atoms with Crippen molar-refractivity contribution in [3.63, 3.8) is 0 Å². The number of hydrogen-bond donors (Lipinski definition) is 2. The number of ether oxygens (including phenoxy) is 1. The Morgan fingerprint density at radius 3 is 2.73 bits per heavy atom. The molecule has 2 fully saturated rings. The van der Waals surface area contributed by atoms with Crippen LogP contribution in [-0.2, 0) is 4.74 Å². The average Bonchev–Trinajstić information content (AvgIpc) is 3.59. The number of esters is 1. The van der Waals surface area contributed by atoms with Crippen LogP contribution in [0.2, 0.25) is 5.02 Å². The molecule has 0 aliphatic carbocycles. The zero-order valence-electron chi connectivity index (χ0n) is 22.2. The van der Waals surface area contributed by atoms with Gasteiger partial charge in [0.2, 0.25) is 5.95 Å². The smallest absolute Gasteiger partial charge is 0.350 e. The summed E-state index contributed by atoms with van der Waals surface area (Å²) in [5.41, 5.74) is -0.00418. The van der Waals surface area contributed by atoms with Gasteiger partial charge in [-0.2, -0.15) is 9.97 Å². The van der Waals surface area contributed by atoms with E-state index in [1.165, 1.54) is 29.7 Å². The highest BCUT2D eigenvalue weighted by Crippen LogP contribution is 2.27. The maximum absolute atomic E-state index is 14.3. The number of anilines is 4. The number of nitrogens with zero attached hydrogens (tertiary/aromatic N) is 6. The fourth-order valence-electron chi connectivity index (χ4n) is 4.58. The summed E-state index contributed by atoms with van der Waals surface area (Å²) >= 11 is 7.02. The quantitative estimate of drug-likeness (QED) is 0.377. The van der Waals surface area contributed by atoms with Crippen LogP contribution >= 0.6 is 22.9 Å². The summed E-state index contributed by atoms with van der Waals surface area (Å²) in [7, 11) is 2.09. The van der Waals surface area contributed by atoms with Gasteiger partial charge >= 0.3 is 5.97 Å². The van der Waals surface area contributed by atoms with Crippen molar-refractivity contribution >= 4 is 57.5 Å². The van der Waals surface area contributed by atoms with Crippen LogP contribution in [0.3, 0.4) is 0 Å². The van der Waals surface area contributed by atoms with Crippen LogP contribution in [0.5, 0.6) is 0 Å². The summed E-state index contributed by atoms with van der Waals surface area (Å²) in [6.45, 7) is 6.33. The number of amides is 1. The second-order valence-corrected chi connectivity index (χ2v) is 11.1. The number of likely N-dealkylation sites (N-methyl/N-ethyl adjacent to an activating group) is 1. The van der Waals surface area contributed by atoms with Gasteiger partial charge in [-0.15, -0.1) is 0 Å². The Kier molecular flexibility index (Phi) is 8.62. The monoisotopic (exact) mass is 588 g/mol. The molecular formula is C26H30ClFN8O3S. The molecule has 1 aromatic carbocycles. The molecule has 1 atom stereocenters. The number of likely N-dealkylation sites (tertiary alicyclic amines) is 1. The van der Waals surface area contributed by atoms with E-state index in [1.54, 1.807) is 11.8 Å². The molecule has 0 unspecified atom stereocenters. The number of benzene rings is 1. The lowest BCUT2D eigenvalue weighted by atomic mass is 10.2. The number of halogens is 2. The molecule has 0 bridgehead atoms. The van der Waals surface area contributed by atoms with Crippen LogP contribution in [0, 0.1) is 5.82 Å². The van der Waals surface area contributed by atoms with E-state index in [1.807, 2.05) is 6.07 Å². The first-order valence-corrected chi connectivity index (χ1v) is 14.2. The van der Waals surface area contributed by atoms with Crippen LogP contribution < -0.4 is 15.5 Å². The summed E-state index contributed by atoms with van der Waals surface area (Å²) < 4.78 is 19.4. The highest BCUT2D eigenvalue weighted by molar-refractivity contribution is 7.17. The number of thiazole rings is 1. The molecule has 1 amide bonds. The van der Waals surface area contributed by atoms with Gasteiger partial charge in [0.05, 0.1) is 18.4 Å². The molecule has 2 aliphatic rings. The van der Waals surface area contributed by atoms with Crippen molar-refractivity contribution in [3.05, 3.63) is 51.7 Å². The van der Waals surface area contributed by atoms with E-state index in [0.717, 1.165) is 38.1 Å². The second-order valence-electron chi connectivity index (χ2n) is 9.61. The van der Waals surface area contributed by atoms with E-state index in [0.29, 0.717) is 41.3 Å². The van der Waals surface area contributed by atoms with E-state index in [2.05, 4.69) is 37.4 Å². The van der Waals surface area contributed by atoms with Crippen LogP contribution in [-0.4, -0.2) is 95.6 Å². The molecule has 0 spiro atoms. The van der Waals surface area contributed by atoms with Crippen molar-refractivity contribution in [3.8, 4) is 0 Å². The van der Waals surface area contributed by atoms with E-state index >= 15 is 0 Å². The van der Waals surface area contributed by atoms with Crippen molar-refractivity contribution in [2.45, 2.75) is 19.4 Å². The van der Waals surface area contributed by atoms with Crippen molar-refractivity contribution in [1.29, 1.82) is 0 Å². The molecule has 2 N–H and O–H groups in total. The minimum atomic E-state index is -0.638. The highest BCUT2D eigenvalue weighted by atomic mass is 35.5. The molecule has 2 saturated heterocycles. The zero-order valence-corrected chi connectivity index (χ0v) is 23.8. The lowest BCUT2D eigenvalue weighted by Gasteiger charge is -2.33. The van der Waals surface area contributed by atoms with Crippen molar-refractivity contribution in [2.75, 3.05) is 68.5 Å².